The maximum Gasteiger partial charge on any atom is 0.195 e. The number of anilines is 1. The lowest BCUT2D eigenvalue weighted by atomic mass is 9.99. The fourth-order valence-electron chi connectivity index (χ4n) is 1.97. The lowest BCUT2D eigenvalue weighted by molar-refractivity contribution is 0.408. The van der Waals surface area contributed by atoms with Crippen LogP contribution in [0.25, 0.3) is 0 Å². The van der Waals surface area contributed by atoms with Crippen molar-refractivity contribution in [3.05, 3.63) is 17.9 Å². The van der Waals surface area contributed by atoms with Gasteiger partial charge in [-0.15, -0.1) is 0 Å². The molecule has 0 amide bonds. The first-order chi connectivity index (χ1) is 7.70. The topological polar surface area (TPSA) is 66.2 Å². The van der Waals surface area contributed by atoms with Gasteiger partial charge in [-0.05, 0) is 24.8 Å². The summed E-state index contributed by atoms with van der Waals surface area (Å²) in [6.07, 6.45) is 2.39. The number of nitriles is 1. The fourth-order valence-corrected chi connectivity index (χ4v) is 1.97. The number of furan rings is 1. The second-order valence-electron chi connectivity index (χ2n) is 4.45. The standard InChI is InChI=1S/C12H17N3O/c1-9-4-6-15(7-5-9)12-3-2-11(16-12)10(14)8-13/h2-3,9-10H,4-7,14H2,1H3. The summed E-state index contributed by atoms with van der Waals surface area (Å²) >= 11 is 0. The molecule has 0 aliphatic carbocycles. The Hall–Kier alpha value is -1.47. The van der Waals surface area contributed by atoms with Crippen LogP contribution >= 0.6 is 0 Å². The summed E-state index contributed by atoms with van der Waals surface area (Å²) in [5.74, 6) is 2.19. The normalized spacial score (nSPS) is 19.4. The Morgan fingerprint density at radius 3 is 2.81 bits per heavy atom. The third-order valence-corrected chi connectivity index (χ3v) is 3.15. The highest BCUT2D eigenvalue weighted by Crippen LogP contribution is 2.26. The second kappa shape index (κ2) is 4.58. The number of nitrogens with two attached hydrogens (primary N) is 1. The van der Waals surface area contributed by atoms with Crippen LogP contribution in [0.5, 0.6) is 0 Å². The number of hydrogen-bond acceptors (Lipinski definition) is 4. The molecule has 4 heteroatoms. The summed E-state index contributed by atoms with van der Waals surface area (Å²) in [4.78, 5) is 2.22. The van der Waals surface area contributed by atoms with Crippen molar-refractivity contribution in [1.82, 2.24) is 0 Å². The van der Waals surface area contributed by atoms with Gasteiger partial charge in [0, 0.05) is 19.2 Å². The zero-order valence-corrected chi connectivity index (χ0v) is 9.52. The van der Waals surface area contributed by atoms with Crippen LogP contribution in [0.3, 0.4) is 0 Å². The van der Waals surface area contributed by atoms with Gasteiger partial charge in [0.05, 0.1) is 6.07 Å². The van der Waals surface area contributed by atoms with Gasteiger partial charge >= 0.3 is 0 Å². The van der Waals surface area contributed by atoms with Gasteiger partial charge in [0.25, 0.3) is 0 Å². The van der Waals surface area contributed by atoms with E-state index in [9.17, 15) is 0 Å². The van der Waals surface area contributed by atoms with Crippen LogP contribution in [0, 0.1) is 17.2 Å². The second-order valence-corrected chi connectivity index (χ2v) is 4.45. The van der Waals surface area contributed by atoms with E-state index in [0.717, 1.165) is 24.9 Å². The first-order valence-electron chi connectivity index (χ1n) is 5.70. The summed E-state index contributed by atoms with van der Waals surface area (Å²) in [7, 11) is 0. The quantitative estimate of drug-likeness (QED) is 0.826. The van der Waals surface area contributed by atoms with E-state index in [2.05, 4.69) is 11.8 Å². The molecule has 0 spiro atoms. The molecule has 16 heavy (non-hydrogen) atoms. The third kappa shape index (κ3) is 2.20. The van der Waals surface area contributed by atoms with E-state index in [4.69, 9.17) is 15.4 Å². The Morgan fingerprint density at radius 1 is 1.50 bits per heavy atom. The van der Waals surface area contributed by atoms with E-state index in [1.807, 2.05) is 12.1 Å². The van der Waals surface area contributed by atoms with Crippen molar-refractivity contribution in [3.63, 3.8) is 0 Å². The van der Waals surface area contributed by atoms with E-state index in [-0.39, 0.29) is 0 Å². The van der Waals surface area contributed by atoms with Crippen LogP contribution in [-0.2, 0) is 0 Å². The molecule has 1 aromatic rings. The first kappa shape index (κ1) is 11.0. The zero-order valence-electron chi connectivity index (χ0n) is 9.52. The molecule has 0 bridgehead atoms. The predicted octanol–water partition coefficient (Wildman–Crippen LogP) is 2.04. The fraction of sp³-hybridized carbons (Fsp3) is 0.583. The molecule has 1 unspecified atom stereocenters. The summed E-state index contributed by atoms with van der Waals surface area (Å²) in [5, 5.41) is 8.69. The van der Waals surface area contributed by atoms with Crippen molar-refractivity contribution >= 4 is 5.88 Å². The molecule has 1 aliphatic rings. The maximum absolute atomic E-state index is 8.69. The molecule has 0 radical (unpaired) electrons. The molecule has 1 fully saturated rings. The highest BCUT2D eigenvalue weighted by Gasteiger charge is 2.19. The minimum atomic E-state index is -0.655. The van der Waals surface area contributed by atoms with E-state index in [1.54, 1.807) is 6.07 Å². The first-order valence-corrected chi connectivity index (χ1v) is 5.70. The lowest BCUT2D eigenvalue weighted by Crippen LogP contribution is -2.32. The van der Waals surface area contributed by atoms with E-state index in [0.29, 0.717) is 5.76 Å². The third-order valence-electron chi connectivity index (χ3n) is 3.15. The zero-order chi connectivity index (χ0) is 11.5. The van der Waals surface area contributed by atoms with E-state index in [1.165, 1.54) is 12.8 Å². The van der Waals surface area contributed by atoms with Gasteiger partial charge in [0.15, 0.2) is 11.9 Å². The molecule has 2 rings (SSSR count). The molecule has 2 heterocycles. The van der Waals surface area contributed by atoms with Crippen molar-refractivity contribution in [2.45, 2.75) is 25.8 Å². The van der Waals surface area contributed by atoms with Crippen LogP contribution in [0.1, 0.15) is 31.6 Å². The van der Waals surface area contributed by atoms with Crippen molar-refractivity contribution in [3.8, 4) is 6.07 Å². The molecule has 4 nitrogen and oxygen atoms in total. The molecular weight excluding hydrogens is 202 g/mol. The molecular formula is C12H17N3O. The van der Waals surface area contributed by atoms with Gasteiger partial charge in [-0.2, -0.15) is 5.26 Å². The molecule has 1 aliphatic heterocycles. The van der Waals surface area contributed by atoms with Crippen molar-refractivity contribution < 1.29 is 4.42 Å². The molecule has 1 atom stereocenters. The van der Waals surface area contributed by atoms with Gasteiger partial charge in [-0.1, -0.05) is 6.92 Å². The Balaban J connectivity index is 2.05. The summed E-state index contributed by atoms with van der Waals surface area (Å²) in [6.45, 7) is 4.32. The molecule has 1 saturated heterocycles. The highest BCUT2D eigenvalue weighted by molar-refractivity contribution is 5.38. The summed E-state index contributed by atoms with van der Waals surface area (Å²) in [5.41, 5.74) is 5.59. The van der Waals surface area contributed by atoms with Crippen LogP contribution < -0.4 is 10.6 Å². The smallest absolute Gasteiger partial charge is 0.195 e. The maximum atomic E-state index is 8.69. The van der Waals surface area contributed by atoms with Gasteiger partial charge in [-0.3, -0.25) is 0 Å². The van der Waals surface area contributed by atoms with Crippen LogP contribution in [0.15, 0.2) is 16.5 Å². The molecule has 2 N–H and O–H groups in total. The Morgan fingerprint density at radius 2 is 2.19 bits per heavy atom. The molecule has 1 aromatic heterocycles. The lowest BCUT2D eigenvalue weighted by Gasteiger charge is -2.29. The van der Waals surface area contributed by atoms with Crippen LogP contribution in [0.2, 0.25) is 0 Å². The van der Waals surface area contributed by atoms with Crippen LogP contribution in [0.4, 0.5) is 5.88 Å². The molecule has 0 saturated carbocycles. The number of hydrogen-bond donors (Lipinski definition) is 1. The van der Waals surface area contributed by atoms with Gasteiger partial charge in [0.2, 0.25) is 0 Å². The predicted molar refractivity (Wildman–Crippen MR) is 61.9 cm³/mol. The molecule has 0 aromatic carbocycles. The van der Waals surface area contributed by atoms with Gasteiger partial charge in [-0.25, -0.2) is 0 Å². The number of nitrogens with zero attached hydrogens (tertiary/aromatic N) is 2. The van der Waals surface area contributed by atoms with Gasteiger partial charge in [0.1, 0.15) is 5.76 Å². The van der Waals surface area contributed by atoms with E-state index < -0.39 is 6.04 Å². The summed E-state index contributed by atoms with van der Waals surface area (Å²) < 4.78 is 5.59. The number of piperidine rings is 1. The monoisotopic (exact) mass is 219 g/mol. The Labute approximate surface area is 95.6 Å². The summed E-state index contributed by atoms with van der Waals surface area (Å²) in [6, 6.07) is 5.01. The number of rotatable bonds is 2. The largest absolute Gasteiger partial charge is 0.443 e. The SMILES string of the molecule is CC1CCN(c2ccc(C(N)C#N)o2)CC1. The van der Waals surface area contributed by atoms with E-state index >= 15 is 0 Å². The average Bonchev–Trinajstić information content (AvgIpc) is 2.78. The highest BCUT2D eigenvalue weighted by atomic mass is 16.4. The average molecular weight is 219 g/mol. The minimum absolute atomic E-state index is 0.552. The molecule has 86 valence electrons. The minimum Gasteiger partial charge on any atom is -0.443 e. The van der Waals surface area contributed by atoms with Crippen molar-refractivity contribution in [2.75, 3.05) is 18.0 Å². The Kier molecular flexibility index (Phi) is 3.16. The van der Waals surface area contributed by atoms with Crippen molar-refractivity contribution in [2.24, 2.45) is 11.7 Å². The Bertz CT molecular complexity index is 385. The van der Waals surface area contributed by atoms with Gasteiger partial charge < -0.3 is 15.1 Å². The van der Waals surface area contributed by atoms with Crippen molar-refractivity contribution in [1.29, 1.82) is 5.26 Å². The van der Waals surface area contributed by atoms with Crippen LogP contribution in [-0.4, -0.2) is 13.1 Å².